The maximum atomic E-state index is 13.4. The van der Waals surface area contributed by atoms with E-state index >= 15 is 0 Å². The highest BCUT2D eigenvalue weighted by Gasteiger charge is 2.33. The molecule has 0 saturated heterocycles. The number of hydrogen-bond donors (Lipinski definition) is 2. The second-order valence-electron chi connectivity index (χ2n) is 5.34. The Hall–Kier alpha value is -2.58. The Labute approximate surface area is 135 Å². The van der Waals surface area contributed by atoms with Crippen molar-refractivity contribution in [1.82, 2.24) is 5.32 Å². The summed E-state index contributed by atoms with van der Waals surface area (Å²) in [7, 11) is 0. The molecule has 0 bridgehead atoms. The van der Waals surface area contributed by atoms with E-state index in [4.69, 9.17) is 4.74 Å². The first-order valence-corrected chi connectivity index (χ1v) is 7.21. The summed E-state index contributed by atoms with van der Waals surface area (Å²) in [6, 6.07) is 1.51. The van der Waals surface area contributed by atoms with E-state index in [1.54, 1.807) is 0 Å². The zero-order valence-electron chi connectivity index (χ0n) is 12.7. The van der Waals surface area contributed by atoms with Crippen LogP contribution in [-0.4, -0.2) is 30.4 Å². The Kier molecular flexibility index (Phi) is 5.42. The van der Waals surface area contributed by atoms with Crippen molar-refractivity contribution in [3.05, 3.63) is 29.6 Å². The van der Waals surface area contributed by atoms with Crippen molar-refractivity contribution >= 4 is 23.5 Å². The van der Waals surface area contributed by atoms with E-state index in [2.05, 4.69) is 5.32 Å². The summed E-state index contributed by atoms with van der Waals surface area (Å²) in [5.41, 5.74) is -0.554. The fourth-order valence-corrected chi connectivity index (χ4v) is 1.77. The van der Waals surface area contributed by atoms with Crippen LogP contribution >= 0.6 is 0 Å². The van der Waals surface area contributed by atoms with E-state index in [1.165, 1.54) is 6.92 Å². The van der Waals surface area contributed by atoms with E-state index in [1.807, 2.05) is 5.32 Å². The van der Waals surface area contributed by atoms with Gasteiger partial charge < -0.3 is 15.4 Å². The van der Waals surface area contributed by atoms with Gasteiger partial charge in [0.05, 0.1) is 18.2 Å². The third-order valence-electron chi connectivity index (χ3n) is 3.31. The minimum absolute atomic E-state index is 0.167. The van der Waals surface area contributed by atoms with Gasteiger partial charge in [-0.15, -0.1) is 0 Å². The van der Waals surface area contributed by atoms with Crippen molar-refractivity contribution in [2.75, 3.05) is 11.9 Å². The standard InChI is InChI=1S/C15H15F3N2O4/c1-7(24-15(23)8-2-3-8)14(22)19-6-11(21)20-10-5-4-9(16)12(17)13(10)18/h4-5,7-8H,2-3,6H2,1H3,(H,19,22)(H,20,21)/t7-/m0/s1. The molecule has 1 fully saturated rings. The summed E-state index contributed by atoms with van der Waals surface area (Å²) in [5, 5.41) is 4.19. The molecule has 1 saturated carbocycles. The number of anilines is 1. The van der Waals surface area contributed by atoms with Crippen LogP contribution in [0.2, 0.25) is 0 Å². The van der Waals surface area contributed by atoms with Gasteiger partial charge in [0.15, 0.2) is 23.6 Å². The summed E-state index contributed by atoms with van der Waals surface area (Å²) in [6.07, 6.45) is 0.385. The first-order chi connectivity index (χ1) is 11.3. The predicted octanol–water partition coefficient (Wildman–Crippen LogP) is 1.50. The van der Waals surface area contributed by atoms with Crippen LogP contribution in [0.5, 0.6) is 0 Å². The molecular formula is C15H15F3N2O4. The number of ether oxygens (including phenoxy) is 1. The van der Waals surface area contributed by atoms with Gasteiger partial charge in [-0.05, 0) is 31.9 Å². The van der Waals surface area contributed by atoms with Crippen molar-refractivity contribution < 1.29 is 32.3 Å². The average Bonchev–Trinajstić information content (AvgIpc) is 3.38. The first kappa shape index (κ1) is 17.8. The van der Waals surface area contributed by atoms with Crippen molar-refractivity contribution in [2.45, 2.75) is 25.9 Å². The highest BCUT2D eigenvalue weighted by molar-refractivity contribution is 5.95. The number of rotatable bonds is 6. The fraction of sp³-hybridized carbons (Fsp3) is 0.400. The second-order valence-corrected chi connectivity index (χ2v) is 5.34. The Morgan fingerprint density at radius 3 is 2.50 bits per heavy atom. The van der Waals surface area contributed by atoms with Crippen LogP contribution in [0.4, 0.5) is 18.9 Å². The first-order valence-electron chi connectivity index (χ1n) is 7.21. The fourth-order valence-electron chi connectivity index (χ4n) is 1.77. The van der Waals surface area contributed by atoms with Crippen LogP contribution in [-0.2, 0) is 19.1 Å². The van der Waals surface area contributed by atoms with Gasteiger partial charge in [0.1, 0.15) is 0 Å². The zero-order chi connectivity index (χ0) is 17.9. The highest BCUT2D eigenvalue weighted by atomic mass is 19.2. The molecule has 0 heterocycles. The largest absolute Gasteiger partial charge is 0.452 e. The van der Waals surface area contributed by atoms with E-state index in [-0.39, 0.29) is 5.92 Å². The molecule has 1 atom stereocenters. The molecule has 2 rings (SSSR count). The molecule has 1 aromatic rings. The maximum Gasteiger partial charge on any atom is 0.309 e. The average molecular weight is 344 g/mol. The van der Waals surface area contributed by atoms with Gasteiger partial charge in [0.2, 0.25) is 5.91 Å². The summed E-state index contributed by atoms with van der Waals surface area (Å²) >= 11 is 0. The normalized spacial score (nSPS) is 14.7. The number of esters is 1. The van der Waals surface area contributed by atoms with Gasteiger partial charge in [0.25, 0.3) is 5.91 Å². The molecule has 2 N–H and O–H groups in total. The van der Waals surface area contributed by atoms with Crippen molar-refractivity contribution in [3.63, 3.8) is 0 Å². The highest BCUT2D eigenvalue weighted by Crippen LogP contribution is 2.30. The topological polar surface area (TPSA) is 84.5 Å². The Bertz CT molecular complexity index is 677. The summed E-state index contributed by atoms with van der Waals surface area (Å²) in [4.78, 5) is 34.7. The van der Waals surface area contributed by atoms with Crippen LogP contribution in [0.1, 0.15) is 19.8 Å². The van der Waals surface area contributed by atoms with Gasteiger partial charge >= 0.3 is 5.97 Å². The second kappa shape index (κ2) is 7.33. The maximum absolute atomic E-state index is 13.4. The predicted molar refractivity (Wildman–Crippen MR) is 76.2 cm³/mol. The number of amides is 2. The molecule has 0 unspecified atom stereocenters. The minimum atomic E-state index is -1.71. The van der Waals surface area contributed by atoms with E-state index in [9.17, 15) is 27.6 Å². The van der Waals surface area contributed by atoms with Gasteiger partial charge in [-0.1, -0.05) is 0 Å². The van der Waals surface area contributed by atoms with Gasteiger partial charge in [0, 0.05) is 0 Å². The van der Waals surface area contributed by atoms with Gasteiger partial charge in [-0.3, -0.25) is 14.4 Å². The SMILES string of the molecule is C[C@H](OC(=O)C1CC1)C(=O)NCC(=O)Nc1ccc(F)c(F)c1F. The number of nitrogens with one attached hydrogen (secondary N) is 2. The van der Waals surface area contributed by atoms with Crippen LogP contribution in [0.3, 0.4) is 0 Å². The molecule has 9 heteroatoms. The summed E-state index contributed by atoms with van der Waals surface area (Å²) < 4.78 is 44.1. The molecule has 2 amide bonds. The van der Waals surface area contributed by atoms with Crippen molar-refractivity contribution in [3.8, 4) is 0 Å². The van der Waals surface area contributed by atoms with E-state index in [0.29, 0.717) is 6.07 Å². The Morgan fingerprint density at radius 1 is 1.21 bits per heavy atom. The molecule has 0 radical (unpaired) electrons. The van der Waals surface area contributed by atoms with Crippen LogP contribution in [0.15, 0.2) is 12.1 Å². The lowest BCUT2D eigenvalue weighted by atomic mass is 10.2. The summed E-state index contributed by atoms with van der Waals surface area (Å²) in [5.74, 6) is -6.83. The molecule has 1 aromatic carbocycles. The van der Waals surface area contributed by atoms with Crippen LogP contribution in [0.25, 0.3) is 0 Å². The number of halogens is 3. The van der Waals surface area contributed by atoms with Crippen LogP contribution in [0, 0.1) is 23.4 Å². The smallest absolute Gasteiger partial charge is 0.309 e. The molecule has 0 aliphatic heterocycles. The van der Waals surface area contributed by atoms with Gasteiger partial charge in [-0.25, -0.2) is 13.2 Å². The molecular weight excluding hydrogens is 329 g/mol. The molecule has 24 heavy (non-hydrogen) atoms. The Morgan fingerprint density at radius 2 is 1.88 bits per heavy atom. The molecule has 6 nitrogen and oxygen atoms in total. The molecule has 0 aromatic heterocycles. The lowest BCUT2D eigenvalue weighted by Gasteiger charge is -2.13. The third kappa shape index (κ3) is 4.46. The number of carbonyl (C=O) groups excluding carboxylic acids is 3. The Balaban J connectivity index is 1.81. The minimum Gasteiger partial charge on any atom is -0.452 e. The number of carbonyl (C=O) groups is 3. The van der Waals surface area contributed by atoms with Crippen LogP contribution < -0.4 is 10.6 Å². The molecule has 130 valence electrons. The molecule has 1 aliphatic rings. The molecule has 1 aliphatic carbocycles. The monoisotopic (exact) mass is 344 g/mol. The van der Waals surface area contributed by atoms with Crippen molar-refractivity contribution in [1.29, 1.82) is 0 Å². The quantitative estimate of drug-likeness (QED) is 0.605. The van der Waals surface area contributed by atoms with E-state index < -0.39 is 53.6 Å². The zero-order valence-corrected chi connectivity index (χ0v) is 12.7. The van der Waals surface area contributed by atoms with E-state index in [0.717, 1.165) is 18.9 Å². The lowest BCUT2D eigenvalue weighted by molar-refractivity contribution is -0.156. The van der Waals surface area contributed by atoms with Crippen molar-refractivity contribution in [2.24, 2.45) is 5.92 Å². The summed E-state index contributed by atoms with van der Waals surface area (Å²) in [6.45, 7) is 0.797. The van der Waals surface area contributed by atoms with Gasteiger partial charge in [-0.2, -0.15) is 0 Å². The third-order valence-corrected chi connectivity index (χ3v) is 3.31. The number of hydrogen-bond acceptors (Lipinski definition) is 4. The lowest BCUT2D eigenvalue weighted by Crippen LogP contribution is -2.40. The molecule has 0 spiro atoms. The number of benzene rings is 1.